The molecule has 0 bridgehead atoms. The van der Waals surface area contributed by atoms with Gasteiger partial charge in [0.1, 0.15) is 11.5 Å². The van der Waals surface area contributed by atoms with Crippen molar-refractivity contribution < 1.29 is 27.2 Å². The Balaban J connectivity index is 1.64. The number of furan rings is 1. The maximum Gasteiger partial charge on any atom is 0.340 e. The third-order valence-electron chi connectivity index (χ3n) is 5.53. The molecule has 2 heterocycles. The first-order valence-electron chi connectivity index (χ1n) is 10.9. The number of amides is 1. The fourth-order valence-corrected chi connectivity index (χ4v) is 5.29. The maximum absolute atomic E-state index is 13.5. The van der Waals surface area contributed by atoms with E-state index in [1.807, 2.05) is 0 Å². The monoisotopic (exact) mass is 526 g/mol. The van der Waals surface area contributed by atoms with Gasteiger partial charge in [-0.05, 0) is 55.0 Å². The molecule has 1 aliphatic rings. The van der Waals surface area contributed by atoms with Gasteiger partial charge in [-0.15, -0.1) is 0 Å². The summed E-state index contributed by atoms with van der Waals surface area (Å²) in [6, 6.07) is 18.3. The molecule has 1 N–H and O–H groups in total. The average molecular weight is 527 g/mol. The Hall–Kier alpha value is -3.66. The van der Waals surface area contributed by atoms with Crippen LogP contribution in [-0.2, 0) is 37.4 Å². The van der Waals surface area contributed by atoms with Gasteiger partial charge in [-0.3, -0.25) is 4.79 Å². The van der Waals surface area contributed by atoms with Gasteiger partial charge in [0.15, 0.2) is 0 Å². The number of carbonyl (C=O) groups is 2. The van der Waals surface area contributed by atoms with Crippen LogP contribution in [0, 0.1) is 0 Å². The summed E-state index contributed by atoms with van der Waals surface area (Å²) in [6.07, 6.45) is 1.43. The van der Waals surface area contributed by atoms with Crippen LogP contribution in [0.15, 0.2) is 92.9 Å². The molecule has 0 radical (unpaired) electrons. The number of nitrogens with one attached hydrogen (secondary N) is 1. The zero-order chi connectivity index (χ0) is 25.9. The van der Waals surface area contributed by atoms with Crippen LogP contribution in [0.1, 0.15) is 24.0 Å². The predicted molar refractivity (Wildman–Crippen MR) is 134 cm³/mol. The summed E-state index contributed by atoms with van der Waals surface area (Å²) in [4.78, 5) is 24.6. The molecule has 4 rings (SSSR count). The fraction of sp³-hybridized carbons (Fsp3) is 0.154. The standard InChI is InChI=1S/C26H23ClN2O6S/c1-17-24(26(31)34-2)23(25(30)28-17)14-20-12-13-21(35-20)16-29(15-18-8-10-19(27)11-9-18)36(32,33)22-6-4-3-5-7-22/h3-14H,15-16H2,1-2H3,(H,28,30)/b23-14+. The van der Waals surface area contributed by atoms with Gasteiger partial charge in [-0.2, -0.15) is 4.31 Å². The van der Waals surface area contributed by atoms with Gasteiger partial charge in [-0.1, -0.05) is 41.9 Å². The van der Waals surface area contributed by atoms with E-state index in [9.17, 15) is 18.0 Å². The first-order valence-corrected chi connectivity index (χ1v) is 12.7. The normalized spacial score (nSPS) is 15.0. The average Bonchev–Trinajstić information content (AvgIpc) is 3.43. The number of allylic oxidation sites excluding steroid dienone is 1. The number of nitrogens with zero attached hydrogens (tertiary/aromatic N) is 1. The number of benzene rings is 2. The molecule has 0 saturated heterocycles. The lowest BCUT2D eigenvalue weighted by Crippen LogP contribution is -2.30. The number of carbonyl (C=O) groups excluding carboxylic acids is 2. The Labute approximate surface area is 213 Å². The van der Waals surface area contributed by atoms with Crippen molar-refractivity contribution in [2.75, 3.05) is 7.11 Å². The number of methoxy groups -OCH3 is 1. The van der Waals surface area contributed by atoms with Gasteiger partial charge >= 0.3 is 5.97 Å². The smallest absolute Gasteiger partial charge is 0.340 e. The van der Waals surface area contributed by atoms with Crippen LogP contribution < -0.4 is 5.32 Å². The summed E-state index contributed by atoms with van der Waals surface area (Å²) < 4.78 is 38.8. The highest BCUT2D eigenvalue weighted by Crippen LogP contribution is 2.27. The molecule has 2 aromatic carbocycles. The number of esters is 1. The highest BCUT2D eigenvalue weighted by atomic mass is 35.5. The minimum Gasteiger partial charge on any atom is -0.465 e. The second-order valence-electron chi connectivity index (χ2n) is 8.02. The zero-order valence-electron chi connectivity index (χ0n) is 19.5. The molecule has 0 unspecified atom stereocenters. The lowest BCUT2D eigenvalue weighted by molar-refractivity contribution is -0.136. The number of hydrogen-bond acceptors (Lipinski definition) is 6. The summed E-state index contributed by atoms with van der Waals surface area (Å²) in [5.41, 5.74) is 1.36. The van der Waals surface area contributed by atoms with E-state index in [0.29, 0.717) is 16.5 Å². The van der Waals surface area contributed by atoms with E-state index in [-0.39, 0.29) is 34.9 Å². The molecule has 0 atom stereocenters. The van der Waals surface area contributed by atoms with Crippen LogP contribution >= 0.6 is 11.6 Å². The Kier molecular flexibility index (Phi) is 7.44. The third-order valence-corrected chi connectivity index (χ3v) is 7.59. The van der Waals surface area contributed by atoms with E-state index < -0.39 is 21.9 Å². The molecule has 1 aliphatic heterocycles. The molecule has 0 aliphatic carbocycles. The van der Waals surface area contributed by atoms with Crippen molar-refractivity contribution in [3.8, 4) is 0 Å². The Morgan fingerprint density at radius 3 is 2.42 bits per heavy atom. The van der Waals surface area contributed by atoms with Crippen molar-refractivity contribution in [3.63, 3.8) is 0 Å². The number of halogens is 1. The first-order chi connectivity index (χ1) is 17.2. The Morgan fingerprint density at radius 2 is 1.75 bits per heavy atom. The molecule has 10 heteroatoms. The molecule has 8 nitrogen and oxygen atoms in total. The maximum atomic E-state index is 13.5. The van der Waals surface area contributed by atoms with E-state index in [1.165, 1.54) is 29.6 Å². The summed E-state index contributed by atoms with van der Waals surface area (Å²) >= 11 is 5.98. The summed E-state index contributed by atoms with van der Waals surface area (Å²) in [5.74, 6) is -0.460. The van der Waals surface area contributed by atoms with Crippen molar-refractivity contribution in [1.82, 2.24) is 9.62 Å². The van der Waals surface area contributed by atoms with Crippen molar-refractivity contribution in [2.45, 2.75) is 24.9 Å². The topological polar surface area (TPSA) is 106 Å². The van der Waals surface area contributed by atoms with Crippen molar-refractivity contribution >= 4 is 39.6 Å². The van der Waals surface area contributed by atoms with Crippen LogP contribution in [0.5, 0.6) is 0 Å². The van der Waals surface area contributed by atoms with E-state index in [2.05, 4.69) is 5.32 Å². The summed E-state index contributed by atoms with van der Waals surface area (Å²) in [7, 11) is -2.64. The third kappa shape index (κ3) is 5.43. The molecule has 0 saturated carbocycles. The van der Waals surface area contributed by atoms with Gasteiger partial charge in [0.2, 0.25) is 10.0 Å². The van der Waals surface area contributed by atoms with Crippen LogP contribution in [0.3, 0.4) is 0 Å². The molecule has 36 heavy (non-hydrogen) atoms. The minimum atomic E-state index is -3.87. The number of ether oxygens (including phenoxy) is 1. The molecule has 1 amide bonds. The van der Waals surface area contributed by atoms with Crippen LogP contribution in [0.2, 0.25) is 5.02 Å². The summed E-state index contributed by atoms with van der Waals surface area (Å²) in [6.45, 7) is 1.62. The Morgan fingerprint density at radius 1 is 1.06 bits per heavy atom. The minimum absolute atomic E-state index is 0.0616. The predicted octanol–water partition coefficient (Wildman–Crippen LogP) is 4.28. The Bertz CT molecular complexity index is 1460. The highest BCUT2D eigenvalue weighted by Gasteiger charge is 2.31. The quantitative estimate of drug-likeness (QED) is 0.347. The van der Waals surface area contributed by atoms with Gasteiger partial charge in [0.05, 0.1) is 29.7 Å². The van der Waals surface area contributed by atoms with E-state index in [0.717, 1.165) is 5.56 Å². The zero-order valence-corrected chi connectivity index (χ0v) is 21.1. The molecular formula is C26H23ClN2O6S. The van der Waals surface area contributed by atoms with Gasteiger partial charge in [0.25, 0.3) is 5.91 Å². The van der Waals surface area contributed by atoms with Crippen molar-refractivity contribution in [3.05, 3.63) is 106 Å². The molecule has 0 fully saturated rings. The highest BCUT2D eigenvalue weighted by molar-refractivity contribution is 7.89. The lowest BCUT2D eigenvalue weighted by Gasteiger charge is -2.21. The second kappa shape index (κ2) is 10.5. The van der Waals surface area contributed by atoms with Crippen LogP contribution in [-0.4, -0.2) is 31.7 Å². The SMILES string of the molecule is COC(=O)C1=C(C)NC(=O)/C1=C/c1ccc(CN(Cc2ccc(Cl)cc2)S(=O)(=O)c2ccccc2)o1. The number of hydrogen-bond donors (Lipinski definition) is 1. The molecule has 3 aromatic rings. The molecule has 1 aromatic heterocycles. The van der Waals surface area contributed by atoms with E-state index >= 15 is 0 Å². The second-order valence-corrected chi connectivity index (χ2v) is 10.4. The molecular weight excluding hydrogens is 504 g/mol. The molecule has 186 valence electrons. The fourth-order valence-electron chi connectivity index (χ4n) is 3.75. The van der Waals surface area contributed by atoms with E-state index in [4.69, 9.17) is 20.8 Å². The van der Waals surface area contributed by atoms with Gasteiger partial charge < -0.3 is 14.5 Å². The largest absolute Gasteiger partial charge is 0.465 e. The van der Waals surface area contributed by atoms with Crippen LogP contribution in [0.25, 0.3) is 6.08 Å². The van der Waals surface area contributed by atoms with Gasteiger partial charge in [0, 0.05) is 17.3 Å². The van der Waals surface area contributed by atoms with Gasteiger partial charge in [-0.25, -0.2) is 13.2 Å². The first kappa shape index (κ1) is 25.4. The summed E-state index contributed by atoms with van der Waals surface area (Å²) in [5, 5.41) is 3.14. The molecule has 0 spiro atoms. The van der Waals surface area contributed by atoms with Crippen LogP contribution in [0.4, 0.5) is 0 Å². The van der Waals surface area contributed by atoms with E-state index in [1.54, 1.807) is 61.5 Å². The lowest BCUT2D eigenvalue weighted by atomic mass is 10.1. The number of rotatable bonds is 8. The van der Waals surface area contributed by atoms with Crippen molar-refractivity contribution in [1.29, 1.82) is 0 Å². The number of sulfonamides is 1. The van der Waals surface area contributed by atoms with Crippen molar-refractivity contribution in [2.24, 2.45) is 0 Å².